The van der Waals surface area contributed by atoms with Gasteiger partial charge in [0.05, 0.1) is 40.0 Å². The second kappa shape index (κ2) is 9.80. The minimum atomic E-state index is 0.364. The Balaban J connectivity index is 1.14. The van der Waals surface area contributed by atoms with Gasteiger partial charge in [-0.2, -0.15) is 4.98 Å². The monoisotopic (exact) mass is 588 g/mol. The van der Waals surface area contributed by atoms with E-state index in [1.54, 1.807) is 25.7 Å². The molecule has 39 heavy (non-hydrogen) atoms. The van der Waals surface area contributed by atoms with Crippen LogP contribution in [0.15, 0.2) is 47.3 Å². The lowest BCUT2D eigenvalue weighted by molar-refractivity contribution is 0.161. The quantitative estimate of drug-likeness (QED) is 0.319. The normalized spacial score (nSPS) is 18.7. The van der Waals surface area contributed by atoms with Gasteiger partial charge < -0.3 is 25.0 Å². The third-order valence-electron chi connectivity index (χ3n) is 7.74. The number of ether oxygens (including phenoxy) is 2. The standard InChI is InChI=1S/C28H29BrN8O2/c1-16-20(5-6-21-26(16)31-8-7-30-21)33-27-19(29)13-32-28(35-27)34-22-11-25-23(12-24(22)38-2)37-10-9-36(17-3-4-17)14-18(37)15-39-25/h5-8,11-13,17-18H,3-4,9-10,14-15H2,1-2H3,(H2,32,33,34,35). The lowest BCUT2D eigenvalue weighted by Gasteiger charge is -2.46. The van der Waals surface area contributed by atoms with Crippen LogP contribution in [0.4, 0.5) is 28.8 Å². The number of hydrogen-bond acceptors (Lipinski definition) is 10. The van der Waals surface area contributed by atoms with Crippen LogP contribution in [0.3, 0.4) is 0 Å². The van der Waals surface area contributed by atoms with Crippen molar-refractivity contribution in [2.45, 2.75) is 31.8 Å². The molecule has 0 spiro atoms. The van der Waals surface area contributed by atoms with Gasteiger partial charge in [-0.3, -0.25) is 14.9 Å². The molecular formula is C28H29BrN8O2. The largest absolute Gasteiger partial charge is 0.494 e. The Morgan fingerprint density at radius 2 is 1.90 bits per heavy atom. The topological polar surface area (TPSA) is 101 Å². The smallest absolute Gasteiger partial charge is 0.229 e. The summed E-state index contributed by atoms with van der Waals surface area (Å²) in [6.07, 6.45) is 7.78. The zero-order chi connectivity index (χ0) is 26.5. The molecule has 2 aromatic carbocycles. The highest BCUT2D eigenvalue weighted by Crippen LogP contribution is 2.44. The summed E-state index contributed by atoms with van der Waals surface area (Å²) in [5.74, 6) is 2.62. The van der Waals surface area contributed by atoms with Crippen LogP contribution in [-0.2, 0) is 0 Å². The summed E-state index contributed by atoms with van der Waals surface area (Å²) >= 11 is 3.58. The second-order valence-corrected chi connectivity index (χ2v) is 11.1. The molecule has 2 aromatic heterocycles. The molecule has 1 unspecified atom stereocenters. The number of benzene rings is 2. The number of fused-ring (bicyclic) bond motifs is 4. The summed E-state index contributed by atoms with van der Waals surface area (Å²) in [6, 6.07) is 9.12. The molecule has 7 rings (SSSR count). The van der Waals surface area contributed by atoms with Crippen LogP contribution in [0, 0.1) is 6.92 Å². The van der Waals surface area contributed by atoms with Crippen LogP contribution in [-0.4, -0.2) is 70.3 Å². The van der Waals surface area contributed by atoms with Crippen LogP contribution >= 0.6 is 15.9 Å². The highest BCUT2D eigenvalue weighted by atomic mass is 79.9. The molecule has 200 valence electrons. The molecule has 1 saturated heterocycles. The van der Waals surface area contributed by atoms with Crippen molar-refractivity contribution < 1.29 is 9.47 Å². The summed E-state index contributed by atoms with van der Waals surface area (Å²) in [7, 11) is 1.68. The molecule has 3 aliphatic rings. The van der Waals surface area contributed by atoms with E-state index in [-0.39, 0.29) is 0 Å². The van der Waals surface area contributed by atoms with E-state index in [1.807, 2.05) is 25.1 Å². The van der Waals surface area contributed by atoms with Crippen LogP contribution in [0.25, 0.3) is 11.0 Å². The number of aryl methyl sites for hydroxylation is 1. The predicted octanol–water partition coefficient (Wildman–Crippen LogP) is 5.03. The second-order valence-electron chi connectivity index (χ2n) is 10.2. The number of aromatic nitrogens is 4. The van der Waals surface area contributed by atoms with E-state index < -0.39 is 0 Å². The summed E-state index contributed by atoms with van der Waals surface area (Å²) in [6.45, 7) is 5.84. The minimum Gasteiger partial charge on any atom is -0.494 e. The lowest BCUT2D eigenvalue weighted by Crippen LogP contribution is -2.57. The van der Waals surface area contributed by atoms with Crippen molar-refractivity contribution in [1.82, 2.24) is 24.8 Å². The predicted molar refractivity (Wildman–Crippen MR) is 155 cm³/mol. The third-order valence-corrected chi connectivity index (χ3v) is 8.32. The Bertz CT molecular complexity index is 1560. The molecule has 0 radical (unpaired) electrons. The molecule has 10 nitrogen and oxygen atoms in total. The van der Waals surface area contributed by atoms with Gasteiger partial charge in [-0.15, -0.1) is 0 Å². The van der Waals surface area contributed by atoms with Gasteiger partial charge in [0, 0.05) is 67.7 Å². The fraction of sp³-hybridized carbons (Fsp3) is 0.357. The van der Waals surface area contributed by atoms with Gasteiger partial charge in [0.2, 0.25) is 5.95 Å². The lowest BCUT2D eigenvalue weighted by atomic mass is 10.1. The number of hydrogen-bond donors (Lipinski definition) is 2. The Labute approximate surface area is 234 Å². The molecule has 1 saturated carbocycles. The molecule has 1 aliphatic carbocycles. The van der Waals surface area contributed by atoms with E-state index in [0.29, 0.717) is 30.2 Å². The number of halogens is 1. The van der Waals surface area contributed by atoms with E-state index in [0.717, 1.165) is 69.6 Å². The average molecular weight is 589 g/mol. The first kappa shape index (κ1) is 24.3. The van der Waals surface area contributed by atoms with E-state index in [4.69, 9.17) is 14.5 Å². The molecule has 2 N–H and O–H groups in total. The fourth-order valence-electron chi connectivity index (χ4n) is 5.53. The van der Waals surface area contributed by atoms with E-state index in [9.17, 15) is 0 Å². The van der Waals surface area contributed by atoms with Gasteiger partial charge in [0.25, 0.3) is 0 Å². The van der Waals surface area contributed by atoms with Crippen molar-refractivity contribution in [2.75, 3.05) is 48.9 Å². The summed E-state index contributed by atoms with van der Waals surface area (Å²) in [5.41, 5.74) is 5.41. The molecule has 0 amide bonds. The van der Waals surface area contributed by atoms with E-state index in [2.05, 4.69) is 57.4 Å². The van der Waals surface area contributed by atoms with E-state index in [1.165, 1.54) is 12.8 Å². The SMILES string of the molecule is COc1cc2c(cc1Nc1ncc(Br)c(Nc3ccc4nccnc4c3C)n1)OCC1CN(C3CC3)CCN21. The molecule has 2 aliphatic heterocycles. The van der Waals surface area contributed by atoms with Crippen molar-refractivity contribution in [1.29, 1.82) is 0 Å². The van der Waals surface area contributed by atoms with Crippen LogP contribution in [0.5, 0.6) is 11.5 Å². The van der Waals surface area contributed by atoms with Crippen molar-refractivity contribution in [3.05, 3.63) is 52.9 Å². The third kappa shape index (κ3) is 4.59. The number of anilines is 5. The Morgan fingerprint density at radius 3 is 2.74 bits per heavy atom. The fourth-order valence-corrected chi connectivity index (χ4v) is 5.82. The first-order valence-corrected chi connectivity index (χ1v) is 14.0. The van der Waals surface area contributed by atoms with Crippen molar-refractivity contribution in [2.24, 2.45) is 0 Å². The van der Waals surface area contributed by atoms with Gasteiger partial charge in [0.15, 0.2) is 0 Å². The van der Waals surface area contributed by atoms with Crippen LogP contribution in [0.2, 0.25) is 0 Å². The van der Waals surface area contributed by atoms with Crippen molar-refractivity contribution >= 4 is 55.8 Å². The molecule has 4 heterocycles. The molecule has 1 atom stereocenters. The molecule has 4 aromatic rings. The summed E-state index contributed by atoms with van der Waals surface area (Å²) < 4.78 is 12.8. The molecule has 0 bridgehead atoms. The number of methoxy groups -OCH3 is 1. The minimum absolute atomic E-state index is 0.364. The van der Waals surface area contributed by atoms with Crippen LogP contribution in [0.1, 0.15) is 18.4 Å². The van der Waals surface area contributed by atoms with Crippen molar-refractivity contribution in [3.8, 4) is 11.5 Å². The number of rotatable bonds is 6. The van der Waals surface area contributed by atoms with Gasteiger partial charge in [-0.1, -0.05) is 0 Å². The maximum atomic E-state index is 6.25. The molecular weight excluding hydrogens is 560 g/mol. The first-order valence-electron chi connectivity index (χ1n) is 13.2. The zero-order valence-electron chi connectivity index (χ0n) is 21.8. The van der Waals surface area contributed by atoms with Gasteiger partial charge in [0.1, 0.15) is 23.9 Å². The average Bonchev–Trinajstić information content (AvgIpc) is 3.81. The number of nitrogens with zero attached hydrogens (tertiary/aromatic N) is 6. The van der Waals surface area contributed by atoms with Gasteiger partial charge in [-0.05, 0) is 47.8 Å². The highest BCUT2D eigenvalue weighted by Gasteiger charge is 2.38. The molecule has 11 heteroatoms. The Kier molecular flexibility index (Phi) is 6.12. The van der Waals surface area contributed by atoms with E-state index >= 15 is 0 Å². The Morgan fingerprint density at radius 1 is 1.03 bits per heavy atom. The number of piperazine rings is 1. The number of nitrogens with one attached hydrogen (secondary N) is 2. The zero-order valence-corrected chi connectivity index (χ0v) is 23.4. The molecule has 2 fully saturated rings. The first-order chi connectivity index (χ1) is 19.1. The van der Waals surface area contributed by atoms with Gasteiger partial charge >= 0.3 is 0 Å². The highest BCUT2D eigenvalue weighted by molar-refractivity contribution is 9.10. The van der Waals surface area contributed by atoms with Gasteiger partial charge in [-0.25, -0.2) is 4.98 Å². The Hall–Kier alpha value is -3.70. The summed E-state index contributed by atoms with van der Waals surface area (Å²) in [5, 5.41) is 6.75. The maximum absolute atomic E-state index is 6.25. The van der Waals surface area contributed by atoms with Crippen LogP contribution < -0.4 is 25.0 Å². The summed E-state index contributed by atoms with van der Waals surface area (Å²) in [4.78, 5) is 23.2. The van der Waals surface area contributed by atoms with Crippen molar-refractivity contribution in [3.63, 3.8) is 0 Å². The maximum Gasteiger partial charge on any atom is 0.229 e.